The van der Waals surface area contributed by atoms with Gasteiger partial charge in [0.15, 0.2) is 0 Å². The quantitative estimate of drug-likeness (QED) is 0.813. The lowest BCUT2D eigenvalue weighted by atomic mass is 9.82. The van der Waals surface area contributed by atoms with Crippen LogP contribution in [0.1, 0.15) is 57.8 Å². The summed E-state index contributed by atoms with van der Waals surface area (Å²) in [6, 6.07) is 8.19. The van der Waals surface area contributed by atoms with Crippen molar-refractivity contribution < 1.29 is 5.11 Å². The van der Waals surface area contributed by atoms with Crippen molar-refractivity contribution in [1.82, 2.24) is 0 Å². The van der Waals surface area contributed by atoms with Crippen LogP contribution in [-0.4, -0.2) is 5.11 Å². The first kappa shape index (κ1) is 14.2. The number of hydrogen-bond acceptors (Lipinski definition) is 1. The third-order valence-corrected chi connectivity index (χ3v) is 3.05. The summed E-state index contributed by atoms with van der Waals surface area (Å²) in [6.45, 7) is 11.0. The molecule has 1 rings (SSSR count). The van der Waals surface area contributed by atoms with Crippen LogP contribution in [-0.2, 0) is 0 Å². The van der Waals surface area contributed by atoms with Crippen molar-refractivity contribution in [2.75, 3.05) is 0 Å². The van der Waals surface area contributed by atoms with E-state index in [0.29, 0.717) is 11.3 Å². The Morgan fingerprint density at radius 1 is 1.12 bits per heavy atom. The summed E-state index contributed by atoms with van der Waals surface area (Å²) >= 11 is 0. The third kappa shape index (κ3) is 5.36. The van der Waals surface area contributed by atoms with Crippen LogP contribution in [0.2, 0.25) is 0 Å². The van der Waals surface area contributed by atoms with Gasteiger partial charge in [-0.2, -0.15) is 0 Å². The zero-order valence-corrected chi connectivity index (χ0v) is 11.8. The molecule has 0 fully saturated rings. The Kier molecular flexibility index (Phi) is 4.76. The molecule has 2 atom stereocenters. The number of aliphatic hydroxyl groups is 1. The van der Waals surface area contributed by atoms with E-state index in [1.807, 2.05) is 12.1 Å². The van der Waals surface area contributed by atoms with Crippen LogP contribution in [0.3, 0.4) is 0 Å². The van der Waals surface area contributed by atoms with Gasteiger partial charge < -0.3 is 5.11 Å². The molecule has 1 N–H and O–H groups in total. The summed E-state index contributed by atoms with van der Waals surface area (Å²) in [5.74, 6) is 0.548. The summed E-state index contributed by atoms with van der Waals surface area (Å²) < 4.78 is 0. The normalized spacial score (nSPS) is 15.6. The van der Waals surface area contributed by atoms with Crippen LogP contribution < -0.4 is 0 Å². The molecule has 0 saturated heterocycles. The van der Waals surface area contributed by atoms with E-state index in [1.54, 1.807) is 0 Å². The average Bonchev–Trinajstić information content (AvgIpc) is 2.15. The summed E-state index contributed by atoms with van der Waals surface area (Å²) in [6.07, 6.45) is 1.67. The molecule has 96 valence electrons. The van der Waals surface area contributed by atoms with Crippen LogP contribution in [0.25, 0.3) is 0 Å². The van der Waals surface area contributed by atoms with Gasteiger partial charge in [0.25, 0.3) is 0 Å². The third-order valence-electron chi connectivity index (χ3n) is 3.05. The SMILES string of the molecule is Cc1ccc(C(O)CC(C)CC(C)(C)C)cc1. The number of aliphatic hydroxyl groups excluding tert-OH is 1. The van der Waals surface area contributed by atoms with E-state index in [1.165, 1.54) is 5.56 Å². The van der Waals surface area contributed by atoms with Gasteiger partial charge in [0.1, 0.15) is 0 Å². The number of rotatable bonds is 4. The molecule has 1 aromatic rings. The van der Waals surface area contributed by atoms with Crippen molar-refractivity contribution in [1.29, 1.82) is 0 Å². The zero-order valence-electron chi connectivity index (χ0n) is 11.8. The van der Waals surface area contributed by atoms with Gasteiger partial charge in [0.2, 0.25) is 0 Å². The predicted octanol–water partition coefficient (Wildman–Crippen LogP) is 4.49. The Morgan fingerprint density at radius 3 is 2.12 bits per heavy atom. The highest BCUT2D eigenvalue weighted by molar-refractivity contribution is 5.23. The zero-order chi connectivity index (χ0) is 13.1. The second kappa shape index (κ2) is 5.68. The molecule has 17 heavy (non-hydrogen) atoms. The predicted molar refractivity (Wildman–Crippen MR) is 74.0 cm³/mol. The van der Waals surface area contributed by atoms with Gasteiger partial charge in [-0.1, -0.05) is 57.5 Å². The van der Waals surface area contributed by atoms with E-state index in [4.69, 9.17) is 0 Å². The number of hydrogen-bond donors (Lipinski definition) is 1. The Morgan fingerprint density at radius 2 is 1.65 bits per heavy atom. The molecule has 0 bridgehead atoms. The molecule has 1 nitrogen and oxygen atoms in total. The van der Waals surface area contributed by atoms with Crippen molar-refractivity contribution in [2.24, 2.45) is 11.3 Å². The molecule has 0 aromatic heterocycles. The van der Waals surface area contributed by atoms with Crippen LogP contribution in [0.5, 0.6) is 0 Å². The van der Waals surface area contributed by atoms with E-state index in [0.717, 1.165) is 18.4 Å². The van der Waals surface area contributed by atoms with Gasteiger partial charge in [-0.3, -0.25) is 0 Å². The monoisotopic (exact) mass is 234 g/mol. The molecule has 0 amide bonds. The fourth-order valence-electron chi connectivity index (χ4n) is 2.43. The maximum absolute atomic E-state index is 10.2. The van der Waals surface area contributed by atoms with Crippen LogP contribution in [0.4, 0.5) is 0 Å². The molecule has 0 heterocycles. The molecule has 0 aliphatic rings. The van der Waals surface area contributed by atoms with E-state index >= 15 is 0 Å². The van der Waals surface area contributed by atoms with Gasteiger partial charge in [0.05, 0.1) is 6.10 Å². The second-order valence-corrected chi connectivity index (χ2v) is 6.53. The Labute approximate surface area is 106 Å². The highest BCUT2D eigenvalue weighted by atomic mass is 16.3. The van der Waals surface area contributed by atoms with Crippen molar-refractivity contribution in [3.8, 4) is 0 Å². The minimum absolute atomic E-state index is 0.326. The first-order chi connectivity index (χ1) is 7.78. The minimum Gasteiger partial charge on any atom is -0.388 e. The van der Waals surface area contributed by atoms with Gasteiger partial charge >= 0.3 is 0 Å². The first-order valence-electron chi connectivity index (χ1n) is 6.52. The fourth-order valence-corrected chi connectivity index (χ4v) is 2.43. The van der Waals surface area contributed by atoms with Crippen LogP contribution in [0.15, 0.2) is 24.3 Å². The summed E-state index contributed by atoms with van der Waals surface area (Å²) in [5, 5.41) is 10.2. The van der Waals surface area contributed by atoms with E-state index < -0.39 is 0 Å². The lowest BCUT2D eigenvalue weighted by molar-refractivity contribution is 0.134. The Hall–Kier alpha value is -0.820. The van der Waals surface area contributed by atoms with E-state index in [-0.39, 0.29) is 6.10 Å². The highest BCUT2D eigenvalue weighted by Gasteiger charge is 2.18. The van der Waals surface area contributed by atoms with Crippen LogP contribution in [0, 0.1) is 18.3 Å². The highest BCUT2D eigenvalue weighted by Crippen LogP contribution is 2.30. The lowest BCUT2D eigenvalue weighted by Gasteiger charge is -2.25. The van der Waals surface area contributed by atoms with Gasteiger partial charge in [-0.05, 0) is 36.7 Å². The van der Waals surface area contributed by atoms with Crippen molar-refractivity contribution in [2.45, 2.75) is 53.6 Å². The van der Waals surface area contributed by atoms with Crippen molar-refractivity contribution >= 4 is 0 Å². The van der Waals surface area contributed by atoms with Gasteiger partial charge in [0, 0.05) is 0 Å². The van der Waals surface area contributed by atoms with Crippen molar-refractivity contribution in [3.63, 3.8) is 0 Å². The van der Waals surface area contributed by atoms with E-state index in [2.05, 4.69) is 46.8 Å². The molecule has 0 saturated carbocycles. The second-order valence-electron chi connectivity index (χ2n) is 6.53. The molecular weight excluding hydrogens is 208 g/mol. The minimum atomic E-state index is -0.326. The lowest BCUT2D eigenvalue weighted by Crippen LogP contribution is -2.13. The van der Waals surface area contributed by atoms with Crippen molar-refractivity contribution in [3.05, 3.63) is 35.4 Å². The van der Waals surface area contributed by atoms with Gasteiger partial charge in [-0.15, -0.1) is 0 Å². The topological polar surface area (TPSA) is 20.2 Å². The molecule has 1 heteroatoms. The van der Waals surface area contributed by atoms with Gasteiger partial charge in [-0.25, -0.2) is 0 Å². The molecule has 0 aliphatic heterocycles. The number of benzene rings is 1. The molecule has 0 aliphatic carbocycles. The Balaban J connectivity index is 2.54. The summed E-state index contributed by atoms with van der Waals surface area (Å²) in [7, 11) is 0. The first-order valence-corrected chi connectivity index (χ1v) is 6.52. The smallest absolute Gasteiger partial charge is 0.0792 e. The molecule has 0 spiro atoms. The molecular formula is C16H26O. The van der Waals surface area contributed by atoms with E-state index in [9.17, 15) is 5.11 Å². The fraction of sp³-hybridized carbons (Fsp3) is 0.625. The maximum atomic E-state index is 10.2. The largest absolute Gasteiger partial charge is 0.388 e. The Bertz CT molecular complexity index is 332. The summed E-state index contributed by atoms with van der Waals surface area (Å²) in [4.78, 5) is 0. The molecule has 2 unspecified atom stereocenters. The summed E-state index contributed by atoms with van der Waals surface area (Å²) in [5.41, 5.74) is 2.62. The number of aryl methyl sites for hydroxylation is 1. The molecule has 1 aromatic carbocycles. The maximum Gasteiger partial charge on any atom is 0.0792 e. The average molecular weight is 234 g/mol. The molecule has 0 radical (unpaired) electrons. The van der Waals surface area contributed by atoms with Crippen LogP contribution >= 0.6 is 0 Å². The standard InChI is InChI=1S/C16H26O/c1-12-6-8-14(9-7-12)15(17)10-13(2)11-16(3,4)5/h6-9,13,15,17H,10-11H2,1-5H3.